The van der Waals surface area contributed by atoms with E-state index in [4.69, 9.17) is 0 Å². The highest BCUT2D eigenvalue weighted by molar-refractivity contribution is 5.86. The van der Waals surface area contributed by atoms with Crippen LogP contribution in [0, 0.1) is 0 Å². The van der Waals surface area contributed by atoms with Crippen LogP contribution in [0.3, 0.4) is 0 Å². The molecule has 0 aromatic heterocycles. The van der Waals surface area contributed by atoms with E-state index in [1.807, 2.05) is 0 Å². The molecule has 0 heterocycles. The lowest BCUT2D eigenvalue weighted by atomic mass is 9.99. The summed E-state index contributed by atoms with van der Waals surface area (Å²) in [5.74, 6) is 0. The van der Waals surface area contributed by atoms with Crippen molar-refractivity contribution in [2.24, 2.45) is 0 Å². The molecule has 4 heteroatoms. The Balaban J connectivity index is 1.05. The topological polar surface area (TPSA) is 48.1 Å². The van der Waals surface area contributed by atoms with Crippen molar-refractivity contribution in [2.45, 2.75) is 26.2 Å². The van der Waals surface area contributed by atoms with E-state index in [0.29, 0.717) is 0 Å². The molecule has 0 aliphatic carbocycles. The zero-order chi connectivity index (χ0) is 40.6. The lowest BCUT2D eigenvalue weighted by Gasteiger charge is -2.16. The van der Waals surface area contributed by atoms with Crippen molar-refractivity contribution < 1.29 is 0 Å². The van der Waals surface area contributed by atoms with Crippen LogP contribution in [0.2, 0.25) is 0 Å². The maximum atomic E-state index is 3.76. The van der Waals surface area contributed by atoms with Crippen LogP contribution in [-0.4, -0.2) is 0 Å². The van der Waals surface area contributed by atoms with Gasteiger partial charge in [-0.25, -0.2) is 0 Å². The van der Waals surface area contributed by atoms with Gasteiger partial charge in [-0.05, 0) is 79.9 Å². The van der Waals surface area contributed by atoms with E-state index in [1.54, 1.807) is 0 Å². The van der Waals surface area contributed by atoms with Gasteiger partial charge in [0, 0.05) is 48.9 Å². The standard InChI is InChI=1S/C56H50N4/c1-5-17-43(18-6-1)39-57-53-27-15-13-25-51(53)37-55(59-41-45-21-9-3-10-22-45)49-33-29-47(30-34-49)48-31-35-50(36-32-48)56(60-42-46-23-11-4-12-24-46)38-52-26-14-16-28-54(52)58-40-44-19-7-2-8-20-44/h1-38,57-60H,39-42H2. The molecule has 0 atom stereocenters. The molecule has 8 aromatic rings. The lowest BCUT2D eigenvalue weighted by Crippen LogP contribution is -2.12. The van der Waals surface area contributed by atoms with Crippen LogP contribution in [0.5, 0.6) is 0 Å². The van der Waals surface area contributed by atoms with E-state index in [1.165, 1.54) is 22.3 Å². The second kappa shape index (κ2) is 20.2. The van der Waals surface area contributed by atoms with E-state index >= 15 is 0 Å². The number of para-hydroxylation sites is 2. The quantitative estimate of drug-likeness (QED) is 0.0696. The summed E-state index contributed by atoms with van der Waals surface area (Å²) in [6.07, 6.45) is 4.51. The molecule has 4 nitrogen and oxygen atoms in total. The van der Waals surface area contributed by atoms with Gasteiger partial charge < -0.3 is 21.3 Å². The third kappa shape index (κ3) is 10.9. The fourth-order valence-electron chi connectivity index (χ4n) is 7.21. The van der Waals surface area contributed by atoms with Crippen LogP contribution in [0.25, 0.3) is 34.7 Å². The van der Waals surface area contributed by atoms with E-state index in [9.17, 15) is 0 Å². The lowest BCUT2D eigenvalue weighted by molar-refractivity contribution is 0.893. The van der Waals surface area contributed by atoms with Gasteiger partial charge in [-0.3, -0.25) is 0 Å². The molecule has 0 amide bonds. The summed E-state index contributed by atoms with van der Waals surface area (Å²) in [5.41, 5.74) is 16.1. The van der Waals surface area contributed by atoms with Gasteiger partial charge in [0.25, 0.3) is 0 Å². The van der Waals surface area contributed by atoms with Crippen LogP contribution < -0.4 is 21.3 Å². The number of benzene rings is 8. The van der Waals surface area contributed by atoms with Gasteiger partial charge >= 0.3 is 0 Å². The number of hydrogen-bond donors (Lipinski definition) is 4. The van der Waals surface area contributed by atoms with Crippen LogP contribution in [0.15, 0.2) is 218 Å². The molecule has 0 radical (unpaired) electrons. The van der Waals surface area contributed by atoms with Gasteiger partial charge in [0.1, 0.15) is 0 Å². The minimum Gasteiger partial charge on any atom is -0.380 e. The van der Waals surface area contributed by atoms with Crippen molar-refractivity contribution >= 4 is 34.9 Å². The Bertz CT molecular complexity index is 2410. The second-order valence-electron chi connectivity index (χ2n) is 14.8. The van der Waals surface area contributed by atoms with E-state index in [-0.39, 0.29) is 0 Å². The van der Waals surface area contributed by atoms with Crippen LogP contribution >= 0.6 is 0 Å². The van der Waals surface area contributed by atoms with Crippen molar-refractivity contribution in [1.29, 1.82) is 0 Å². The fourth-order valence-corrected chi connectivity index (χ4v) is 7.21. The maximum absolute atomic E-state index is 3.76. The molecule has 0 aliphatic heterocycles. The van der Waals surface area contributed by atoms with Crippen molar-refractivity contribution in [2.75, 3.05) is 10.6 Å². The van der Waals surface area contributed by atoms with Gasteiger partial charge in [-0.2, -0.15) is 0 Å². The van der Waals surface area contributed by atoms with Crippen molar-refractivity contribution in [3.05, 3.63) is 263 Å². The van der Waals surface area contributed by atoms with Gasteiger partial charge in [0.15, 0.2) is 0 Å². The summed E-state index contributed by atoms with van der Waals surface area (Å²) in [4.78, 5) is 0. The summed E-state index contributed by atoms with van der Waals surface area (Å²) >= 11 is 0. The summed E-state index contributed by atoms with van der Waals surface area (Å²) in [6.45, 7) is 2.95. The molecule has 0 spiro atoms. The summed E-state index contributed by atoms with van der Waals surface area (Å²) in [7, 11) is 0. The predicted octanol–water partition coefficient (Wildman–Crippen LogP) is 13.2. The Hall–Kier alpha value is -7.56. The Morgan fingerprint density at radius 2 is 0.600 bits per heavy atom. The first kappa shape index (κ1) is 39.3. The number of rotatable bonds is 17. The Morgan fingerprint density at radius 3 is 0.950 bits per heavy atom. The second-order valence-corrected chi connectivity index (χ2v) is 14.8. The Labute approximate surface area is 355 Å². The van der Waals surface area contributed by atoms with Crippen LogP contribution in [0.4, 0.5) is 11.4 Å². The average molecular weight is 779 g/mol. The predicted molar refractivity (Wildman–Crippen MR) is 255 cm³/mol. The van der Waals surface area contributed by atoms with Gasteiger partial charge in [0.05, 0.1) is 0 Å². The van der Waals surface area contributed by atoms with Crippen molar-refractivity contribution in [1.82, 2.24) is 10.6 Å². The first-order valence-corrected chi connectivity index (χ1v) is 20.7. The molecule has 60 heavy (non-hydrogen) atoms. The Kier molecular flexibility index (Phi) is 13.2. The van der Waals surface area contributed by atoms with Crippen molar-refractivity contribution in [3.63, 3.8) is 0 Å². The molecule has 0 unspecified atom stereocenters. The smallest absolute Gasteiger partial charge is 0.0423 e. The first-order chi connectivity index (χ1) is 29.7. The highest BCUT2D eigenvalue weighted by atomic mass is 14.9. The van der Waals surface area contributed by atoms with Crippen LogP contribution in [0.1, 0.15) is 44.5 Å². The third-order valence-corrected chi connectivity index (χ3v) is 10.5. The fraction of sp³-hybridized carbons (Fsp3) is 0.0714. The van der Waals surface area contributed by atoms with E-state index in [2.05, 4.69) is 252 Å². The van der Waals surface area contributed by atoms with E-state index in [0.717, 1.165) is 82.3 Å². The van der Waals surface area contributed by atoms with Crippen LogP contribution in [-0.2, 0) is 26.2 Å². The Morgan fingerprint density at radius 1 is 0.300 bits per heavy atom. The molecule has 0 aliphatic rings. The molecule has 294 valence electrons. The molecule has 8 rings (SSSR count). The maximum Gasteiger partial charge on any atom is 0.0423 e. The summed E-state index contributed by atoms with van der Waals surface area (Å²) in [6, 6.07) is 76.9. The van der Waals surface area contributed by atoms with Gasteiger partial charge in [0.2, 0.25) is 0 Å². The molecule has 0 saturated carbocycles. The molecule has 0 bridgehead atoms. The minimum atomic E-state index is 0.719. The largest absolute Gasteiger partial charge is 0.380 e. The summed E-state index contributed by atoms with van der Waals surface area (Å²) < 4.78 is 0. The zero-order valence-electron chi connectivity index (χ0n) is 33.8. The average Bonchev–Trinajstić information content (AvgIpc) is 3.32. The zero-order valence-corrected chi connectivity index (χ0v) is 33.8. The number of nitrogens with one attached hydrogen (secondary N) is 4. The summed E-state index contributed by atoms with van der Waals surface area (Å²) in [5, 5.41) is 14.8. The first-order valence-electron chi connectivity index (χ1n) is 20.7. The third-order valence-electron chi connectivity index (χ3n) is 10.5. The minimum absolute atomic E-state index is 0.719. The number of hydrogen-bond acceptors (Lipinski definition) is 4. The number of anilines is 2. The molecule has 8 aromatic carbocycles. The van der Waals surface area contributed by atoms with Gasteiger partial charge in [-0.1, -0.05) is 206 Å². The molecular weight excluding hydrogens is 729 g/mol. The normalized spacial score (nSPS) is 11.5. The van der Waals surface area contributed by atoms with Crippen molar-refractivity contribution in [3.8, 4) is 11.1 Å². The molecule has 0 saturated heterocycles. The molecule has 4 N–H and O–H groups in total. The molecule has 0 fully saturated rings. The SMILES string of the molecule is C(=C(NCc1ccccc1)c1ccc(-c2ccc(C(=Cc3ccccc3NCc3ccccc3)NCc3ccccc3)cc2)cc1)c1ccccc1NCc1ccccc1. The monoisotopic (exact) mass is 778 g/mol. The molecular formula is C56H50N4. The highest BCUT2D eigenvalue weighted by Crippen LogP contribution is 2.28. The van der Waals surface area contributed by atoms with E-state index < -0.39 is 0 Å². The van der Waals surface area contributed by atoms with Gasteiger partial charge in [-0.15, -0.1) is 0 Å². The highest BCUT2D eigenvalue weighted by Gasteiger charge is 2.10.